The fraction of sp³-hybridized carbons (Fsp3) is 0.909. The number of piperidine rings is 1. The van der Waals surface area contributed by atoms with Gasteiger partial charge in [-0.3, -0.25) is 4.79 Å². The average Bonchev–Trinajstić information content (AvgIpc) is 3.13. The summed E-state index contributed by atoms with van der Waals surface area (Å²) in [4.78, 5) is 11.5. The van der Waals surface area contributed by atoms with E-state index in [-0.39, 0.29) is 17.9 Å². The molecule has 1 heterocycles. The van der Waals surface area contributed by atoms with E-state index in [4.69, 9.17) is 4.74 Å². The Labute approximate surface area is 108 Å². The summed E-state index contributed by atoms with van der Waals surface area (Å²) in [5.41, 5.74) is 0. The monoisotopic (exact) mass is 276 g/mol. The van der Waals surface area contributed by atoms with Crippen LogP contribution in [0.2, 0.25) is 0 Å². The predicted molar refractivity (Wildman–Crippen MR) is 66.0 cm³/mol. The molecule has 1 aliphatic carbocycles. The van der Waals surface area contributed by atoms with Gasteiger partial charge in [-0.1, -0.05) is 0 Å². The fourth-order valence-corrected chi connectivity index (χ4v) is 3.58. The molecule has 0 amide bonds. The van der Waals surface area contributed by atoms with Crippen LogP contribution in [0.5, 0.6) is 0 Å². The van der Waals surface area contributed by atoms with Crippen molar-refractivity contribution in [1.82, 2.24) is 9.03 Å². The number of nitrogens with zero attached hydrogens (tertiary/aromatic N) is 1. The maximum Gasteiger partial charge on any atom is 0.309 e. The molecule has 104 valence electrons. The molecular weight excluding hydrogens is 256 g/mol. The Morgan fingerprint density at radius 3 is 2.39 bits per heavy atom. The standard InChI is InChI=1S/C11H20N2O4S/c1-2-17-11(14)9-5-7-13(8-6-9)18(15,16)12-10-3-4-10/h9-10,12H,2-8H2,1H3. The quantitative estimate of drug-likeness (QED) is 0.731. The van der Waals surface area contributed by atoms with Crippen LogP contribution in [0.4, 0.5) is 0 Å². The zero-order chi connectivity index (χ0) is 13.2. The average molecular weight is 276 g/mol. The van der Waals surface area contributed by atoms with Gasteiger partial charge in [-0.15, -0.1) is 0 Å². The van der Waals surface area contributed by atoms with E-state index in [1.54, 1.807) is 6.92 Å². The predicted octanol–water partition coefficient (Wildman–Crippen LogP) is 0.258. The molecule has 0 aromatic heterocycles. The van der Waals surface area contributed by atoms with Crippen molar-refractivity contribution in [2.75, 3.05) is 19.7 Å². The SMILES string of the molecule is CCOC(=O)C1CCN(S(=O)(=O)NC2CC2)CC1. The maximum absolute atomic E-state index is 11.9. The number of carbonyl (C=O) groups is 1. The number of nitrogens with one attached hydrogen (secondary N) is 1. The van der Waals surface area contributed by atoms with Crippen molar-refractivity contribution in [3.63, 3.8) is 0 Å². The summed E-state index contributed by atoms with van der Waals surface area (Å²) < 4.78 is 32.9. The lowest BCUT2D eigenvalue weighted by atomic mass is 9.98. The molecule has 0 spiro atoms. The van der Waals surface area contributed by atoms with Gasteiger partial charge in [-0.25, -0.2) is 0 Å². The van der Waals surface area contributed by atoms with Crippen LogP contribution >= 0.6 is 0 Å². The van der Waals surface area contributed by atoms with E-state index in [0.29, 0.717) is 32.5 Å². The number of rotatable bonds is 5. The van der Waals surface area contributed by atoms with Crippen molar-refractivity contribution >= 4 is 16.2 Å². The summed E-state index contributed by atoms with van der Waals surface area (Å²) >= 11 is 0. The molecule has 2 aliphatic rings. The highest BCUT2D eigenvalue weighted by molar-refractivity contribution is 7.87. The van der Waals surface area contributed by atoms with Gasteiger partial charge in [0.15, 0.2) is 0 Å². The molecule has 0 atom stereocenters. The second-order valence-corrected chi connectivity index (χ2v) is 6.52. The molecule has 0 unspecified atom stereocenters. The van der Waals surface area contributed by atoms with Gasteiger partial charge in [0.25, 0.3) is 10.2 Å². The third-order valence-electron chi connectivity index (χ3n) is 3.31. The van der Waals surface area contributed by atoms with Gasteiger partial charge in [0.1, 0.15) is 0 Å². The first-order valence-corrected chi connectivity index (χ1v) is 7.91. The largest absolute Gasteiger partial charge is 0.466 e. The summed E-state index contributed by atoms with van der Waals surface area (Å²) in [5, 5.41) is 0. The van der Waals surface area contributed by atoms with E-state index < -0.39 is 10.2 Å². The van der Waals surface area contributed by atoms with Crippen molar-refractivity contribution in [1.29, 1.82) is 0 Å². The minimum Gasteiger partial charge on any atom is -0.466 e. The van der Waals surface area contributed by atoms with E-state index in [1.165, 1.54) is 4.31 Å². The molecular formula is C11H20N2O4S. The lowest BCUT2D eigenvalue weighted by Gasteiger charge is -2.30. The van der Waals surface area contributed by atoms with E-state index in [1.807, 2.05) is 0 Å². The summed E-state index contributed by atoms with van der Waals surface area (Å²) in [6.07, 6.45) is 2.95. The molecule has 18 heavy (non-hydrogen) atoms. The number of carbonyl (C=O) groups excluding carboxylic acids is 1. The Kier molecular flexibility index (Phi) is 4.24. The highest BCUT2D eigenvalue weighted by atomic mass is 32.2. The van der Waals surface area contributed by atoms with Gasteiger partial charge in [0, 0.05) is 19.1 Å². The third kappa shape index (κ3) is 3.43. The van der Waals surface area contributed by atoms with Crippen LogP contribution in [-0.2, 0) is 19.7 Å². The normalized spacial score (nSPS) is 22.9. The Morgan fingerprint density at radius 1 is 1.28 bits per heavy atom. The van der Waals surface area contributed by atoms with Crippen LogP contribution in [0.15, 0.2) is 0 Å². The van der Waals surface area contributed by atoms with Gasteiger partial charge in [0.05, 0.1) is 12.5 Å². The molecule has 1 saturated heterocycles. The van der Waals surface area contributed by atoms with E-state index >= 15 is 0 Å². The zero-order valence-corrected chi connectivity index (χ0v) is 11.4. The number of hydrogen-bond acceptors (Lipinski definition) is 4. The van der Waals surface area contributed by atoms with Crippen LogP contribution < -0.4 is 4.72 Å². The van der Waals surface area contributed by atoms with Crippen molar-refractivity contribution in [2.24, 2.45) is 5.92 Å². The number of esters is 1. The van der Waals surface area contributed by atoms with Crippen molar-refractivity contribution < 1.29 is 17.9 Å². The number of ether oxygens (including phenoxy) is 1. The minimum atomic E-state index is -3.35. The van der Waals surface area contributed by atoms with Gasteiger partial charge < -0.3 is 4.74 Å². The van der Waals surface area contributed by atoms with Crippen molar-refractivity contribution in [3.8, 4) is 0 Å². The molecule has 1 saturated carbocycles. The summed E-state index contributed by atoms with van der Waals surface area (Å²) in [6, 6.07) is 0.123. The molecule has 2 fully saturated rings. The van der Waals surface area contributed by atoms with Gasteiger partial charge in [-0.2, -0.15) is 17.4 Å². The molecule has 0 bridgehead atoms. The molecule has 0 aromatic carbocycles. The Bertz CT molecular complexity index is 397. The fourth-order valence-electron chi connectivity index (χ4n) is 2.08. The topological polar surface area (TPSA) is 75.7 Å². The summed E-state index contributed by atoms with van der Waals surface area (Å²) in [5.74, 6) is -0.359. The maximum atomic E-state index is 11.9. The molecule has 0 aromatic rings. The summed E-state index contributed by atoms with van der Waals surface area (Å²) in [6.45, 7) is 2.94. The van der Waals surface area contributed by atoms with Crippen molar-refractivity contribution in [3.05, 3.63) is 0 Å². The smallest absolute Gasteiger partial charge is 0.309 e. The molecule has 0 radical (unpaired) electrons. The first kappa shape index (κ1) is 13.8. The third-order valence-corrected chi connectivity index (χ3v) is 4.98. The molecule has 2 rings (SSSR count). The minimum absolute atomic E-state index is 0.123. The van der Waals surface area contributed by atoms with E-state index in [2.05, 4.69) is 4.72 Å². The van der Waals surface area contributed by atoms with Crippen molar-refractivity contribution in [2.45, 2.75) is 38.6 Å². The lowest BCUT2D eigenvalue weighted by Crippen LogP contribution is -2.46. The number of hydrogen-bond donors (Lipinski definition) is 1. The first-order chi connectivity index (χ1) is 8.53. The Hall–Kier alpha value is -0.660. The molecule has 7 heteroatoms. The van der Waals surface area contributed by atoms with Crippen LogP contribution in [0, 0.1) is 5.92 Å². The van der Waals surface area contributed by atoms with Crippen LogP contribution in [0.25, 0.3) is 0 Å². The Morgan fingerprint density at radius 2 is 1.89 bits per heavy atom. The van der Waals surface area contributed by atoms with Gasteiger partial charge in [0.2, 0.25) is 0 Å². The van der Waals surface area contributed by atoms with Crippen LogP contribution in [0.1, 0.15) is 32.6 Å². The second-order valence-electron chi connectivity index (χ2n) is 4.82. The van der Waals surface area contributed by atoms with E-state index in [0.717, 1.165) is 12.8 Å². The highest BCUT2D eigenvalue weighted by Gasteiger charge is 2.35. The molecule has 1 aliphatic heterocycles. The first-order valence-electron chi connectivity index (χ1n) is 6.47. The van der Waals surface area contributed by atoms with Gasteiger partial charge in [-0.05, 0) is 32.6 Å². The molecule has 1 N–H and O–H groups in total. The lowest BCUT2D eigenvalue weighted by molar-refractivity contribution is -0.149. The van der Waals surface area contributed by atoms with Crippen LogP contribution in [0.3, 0.4) is 0 Å². The molecule has 6 nitrogen and oxygen atoms in total. The highest BCUT2D eigenvalue weighted by Crippen LogP contribution is 2.24. The van der Waals surface area contributed by atoms with Gasteiger partial charge >= 0.3 is 5.97 Å². The zero-order valence-electron chi connectivity index (χ0n) is 10.6. The Balaban J connectivity index is 1.83. The van der Waals surface area contributed by atoms with Crippen LogP contribution in [-0.4, -0.2) is 44.4 Å². The summed E-state index contributed by atoms with van der Waals surface area (Å²) in [7, 11) is -3.35. The second kappa shape index (κ2) is 5.54. The van der Waals surface area contributed by atoms with E-state index in [9.17, 15) is 13.2 Å².